The number of ether oxygens (including phenoxy) is 3. The van der Waals surface area contributed by atoms with Crippen molar-refractivity contribution in [2.24, 2.45) is 0 Å². The molecule has 3 heterocycles. The number of carbonyl (C=O) groups is 2. The van der Waals surface area contributed by atoms with Gasteiger partial charge >= 0.3 is 6.03 Å². The van der Waals surface area contributed by atoms with Gasteiger partial charge < -0.3 is 30.2 Å². The first-order chi connectivity index (χ1) is 13.7. The van der Waals surface area contributed by atoms with Gasteiger partial charge in [0, 0.05) is 24.9 Å². The Kier molecular flexibility index (Phi) is 5.53. The Bertz CT molecular complexity index is 867. The molecule has 148 valence electrons. The van der Waals surface area contributed by atoms with Crippen LogP contribution in [0.3, 0.4) is 0 Å². The van der Waals surface area contributed by atoms with E-state index in [0.717, 1.165) is 30.8 Å². The SMILES string of the molecule is O=C(NCc1nnc(C(=O)Nc2ccc3c(c2)OCO3)s1)NC[C@H]1CCCO1. The predicted octanol–water partition coefficient (Wildman–Crippen LogP) is 1.50. The lowest BCUT2D eigenvalue weighted by molar-refractivity contribution is 0.102. The quantitative estimate of drug-likeness (QED) is 0.665. The minimum Gasteiger partial charge on any atom is -0.454 e. The molecule has 11 heteroatoms. The lowest BCUT2D eigenvalue weighted by atomic mass is 10.2. The van der Waals surface area contributed by atoms with Crippen molar-refractivity contribution in [1.82, 2.24) is 20.8 Å². The Morgan fingerprint density at radius 3 is 2.93 bits per heavy atom. The Labute approximate surface area is 164 Å². The van der Waals surface area contributed by atoms with Crippen LogP contribution in [0.1, 0.15) is 27.7 Å². The molecular formula is C17H19N5O5S. The molecule has 1 aromatic heterocycles. The molecule has 0 saturated carbocycles. The summed E-state index contributed by atoms with van der Waals surface area (Å²) in [4.78, 5) is 24.2. The van der Waals surface area contributed by atoms with Crippen LogP contribution < -0.4 is 25.4 Å². The summed E-state index contributed by atoms with van der Waals surface area (Å²) in [7, 11) is 0. The van der Waals surface area contributed by atoms with Crippen molar-refractivity contribution >= 4 is 29.0 Å². The van der Waals surface area contributed by atoms with Crippen molar-refractivity contribution in [3.63, 3.8) is 0 Å². The molecule has 4 rings (SSSR count). The lowest BCUT2D eigenvalue weighted by Gasteiger charge is -2.10. The van der Waals surface area contributed by atoms with Gasteiger partial charge in [-0.05, 0) is 25.0 Å². The number of aromatic nitrogens is 2. The third-order valence-corrected chi connectivity index (χ3v) is 5.13. The number of amides is 3. The summed E-state index contributed by atoms with van der Waals surface area (Å²) in [6.07, 6.45) is 2.06. The van der Waals surface area contributed by atoms with E-state index in [-0.39, 0.29) is 36.4 Å². The first kappa shape index (κ1) is 18.4. The van der Waals surface area contributed by atoms with Crippen molar-refractivity contribution in [2.45, 2.75) is 25.5 Å². The molecule has 3 amide bonds. The molecule has 2 aliphatic heterocycles. The first-order valence-corrected chi connectivity index (χ1v) is 9.66. The van der Waals surface area contributed by atoms with Gasteiger partial charge in [-0.15, -0.1) is 10.2 Å². The zero-order valence-corrected chi connectivity index (χ0v) is 15.7. The second-order valence-electron chi connectivity index (χ2n) is 6.22. The number of carbonyl (C=O) groups excluding carboxylic acids is 2. The zero-order chi connectivity index (χ0) is 19.3. The molecule has 1 atom stereocenters. The van der Waals surface area contributed by atoms with Crippen LogP contribution in [0.15, 0.2) is 18.2 Å². The van der Waals surface area contributed by atoms with E-state index in [1.807, 2.05) is 0 Å². The summed E-state index contributed by atoms with van der Waals surface area (Å²) >= 11 is 1.11. The largest absolute Gasteiger partial charge is 0.454 e. The highest BCUT2D eigenvalue weighted by Gasteiger charge is 2.18. The summed E-state index contributed by atoms with van der Waals surface area (Å²) in [5.74, 6) is 0.833. The minimum atomic E-state index is -0.384. The molecule has 1 saturated heterocycles. The molecule has 1 fully saturated rings. The van der Waals surface area contributed by atoms with E-state index in [1.54, 1.807) is 18.2 Å². The van der Waals surface area contributed by atoms with E-state index in [9.17, 15) is 9.59 Å². The number of nitrogens with one attached hydrogen (secondary N) is 3. The number of benzene rings is 1. The van der Waals surface area contributed by atoms with Crippen LogP contribution in [-0.2, 0) is 11.3 Å². The van der Waals surface area contributed by atoms with Crippen molar-refractivity contribution in [1.29, 1.82) is 0 Å². The van der Waals surface area contributed by atoms with E-state index >= 15 is 0 Å². The second kappa shape index (κ2) is 8.40. The highest BCUT2D eigenvalue weighted by molar-refractivity contribution is 7.13. The monoisotopic (exact) mass is 405 g/mol. The number of fused-ring (bicyclic) bond motifs is 1. The molecule has 0 bridgehead atoms. The standard InChI is InChI=1S/C17H19N5O5S/c23-15(20-10-3-4-12-13(6-10)27-9-26-12)16-22-21-14(28-16)8-19-17(24)18-7-11-2-1-5-25-11/h3-4,6,11H,1-2,5,7-9H2,(H,20,23)(H2,18,19,24)/t11-/m1/s1. The van der Waals surface area contributed by atoms with Crippen LogP contribution in [0.2, 0.25) is 0 Å². The van der Waals surface area contributed by atoms with E-state index < -0.39 is 0 Å². The Morgan fingerprint density at radius 1 is 1.18 bits per heavy atom. The van der Waals surface area contributed by atoms with E-state index in [4.69, 9.17) is 14.2 Å². The van der Waals surface area contributed by atoms with Crippen molar-refractivity contribution < 1.29 is 23.8 Å². The third-order valence-electron chi connectivity index (χ3n) is 4.21. The fraction of sp³-hybridized carbons (Fsp3) is 0.412. The fourth-order valence-corrected chi connectivity index (χ4v) is 3.48. The van der Waals surface area contributed by atoms with Gasteiger partial charge in [0.25, 0.3) is 5.91 Å². The number of nitrogens with zero attached hydrogens (tertiary/aromatic N) is 2. The van der Waals surface area contributed by atoms with Crippen LogP contribution >= 0.6 is 11.3 Å². The van der Waals surface area contributed by atoms with Gasteiger partial charge in [-0.25, -0.2) is 4.79 Å². The van der Waals surface area contributed by atoms with Crippen LogP contribution in [0.25, 0.3) is 0 Å². The lowest BCUT2D eigenvalue weighted by Crippen LogP contribution is -2.39. The van der Waals surface area contributed by atoms with E-state index in [2.05, 4.69) is 26.1 Å². The first-order valence-electron chi connectivity index (χ1n) is 8.84. The van der Waals surface area contributed by atoms with Crippen molar-refractivity contribution in [3.8, 4) is 11.5 Å². The average molecular weight is 405 g/mol. The molecule has 0 aliphatic carbocycles. The summed E-state index contributed by atoms with van der Waals surface area (Å²) in [5.41, 5.74) is 0.567. The van der Waals surface area contributed by atoms with Crippen LogP contribution in [0, 0.1) is 0 Å². The van der Waals surface area contributed by atoms with Crippen LogP contribution in [-0.4, -0.2) is 48.2 Å². The highest BCUT2D eigenvalue weighted by atomic mass is 32.1. The van der Waals surface area contributed by atoms with Gasteiger partial charge in [0.1, 0.15) is 5.01 Å². The van der Waals surface area contributed by atoms with Gasteiger partial charge in [-0.1, -0.05) is 11.3 Å². The summed E-state index contributed by atoms with van der Waals surface area (Å²) in [6, 6.07) is 4.81. The van der Waals surface area contributed by atoms with E-state index in [1.165, 1.54) is 0 Å². The zero-order valence-electron chi connectivity index (χ0n) is 14.9. The molecule has 0 unspecified atom stereocenters. The molecule has 0 spiro atoms. The Morgan fingerprint density at radius 2 is 2.07 bits per heavy atom. The average Bonchev–Trinajstić information content (AvgIpc) is 3.46. The molecule has 28 heavy (non-hydrogen) atoms. The third kappa shape index (κ3) is 4.49. The molecule has 10 nitrogen and oxygen atoms in total. The molecular weight excluding hydrogens is 386 g/mol. The smallest absolute Gasteiger partial charge is 0.315 e. The minimum absolute atomic E-state index is 0.0822. The number of hydrogen-bond donors (Lipinski definition) is 3. The van der Waals surface area contributed by atoms with Gasteiger partial charge in [0.2, 0.25) is 11.8 Å². The van der Waals surface area contributed by atoms with Gasteiger partial charge in [-0.3, -0.25) is 4.79 Å². The molecule has 3 N–H and O–H groups in total. The number of hydrogen-bond acceptors (Lipinski definition) is 8. The van der Waals surface area contributed by atoms with Gasteiger partial charge in [-0.2, -0.15) is 0 Å². The van der Waals surface area contributed by atoms with Crippen molar-refractivity contribution in [3.05, 3.63) is 28.2 Å². The second-order valence-corrected chi connectivity index (χ2v) is 7.28. The van der Waals surface area contributed by atoms with E-state index in [0.29, 0.717) is 28.7 Å². The number of rotatable bonds is 6. The summed E-state index contributed by atoms with van der Waals surface area (Å²) in [6.45, 7) is 1.58. The van der Waals surface area contributed by atoms with Crippen LogP contribution in [0.4, 0.5) is 10.5 Å². The molecule has 0 radical (unpaired) electrons. The predicted molar refractivity (Wildman–Crippen MR) is 99.6 cm³/mol. The number of anilines is 1. The maximum atomic E-state index is 12.3. The maximum absolute atomic E-state index is 12.3. The summed E-state index contributed by atoms with van der Waals surface area (Å²) < 4.78 is 16.0. The molecule has 2 aromatic rings. The number of urea groups is 1. The normalized spacial score (nSPS) is 17.4. The highest BCUT2D eigenvalue weighted by Crippen LogP contribution is 2.34. The Hall–Kier alpha value is -2.92. The van der Waals surface area contributed by atoms with Gasteiger partial charge in [0.05, 0.1) is 12.6 Å². The summed E-state index contributed by atoms with van der Waals surface area (Å²) in [5, 5.41) is 16.7. The topological polar surface area (TPSA) is 124 Å². The fourth-order valence-electron chi connectivity index (χ4n) is 2.81. The van der Waals surface area contributed by atoms with Gasteiger partial charge in [0.15, 0.2) is 11.5 Å². The van der Waals surface area contributed by atoms with Crippen molar-refractivity contribution in [2.75, 3.05) is 25.3 Å². The molecule has 2 aliphatic rings. The Balaban J connectivity index is 1.25. The molecule has 1 aromatic carbocycles. The maximum Gasteiger partial charge on any atom is 0.315 e. The van der Waals surface area contributed by atoms with Crippen LogP contribution in [0.5, 0.6) is 11.5 Å².